The van der Waals surface area contributed by atoms with Crippen LogP contribution in [0.15, 0.2) is 65.5 Å². The Morgan fingerprint density at radius 3 is 2.17 bits per heavy atom. The van der Waals surface area contributed by atoms with Gasteiger partial charge in [0, 0.05) is 20.1 Å². The van der Waals surface area contributed by atoms with Crippen LogP contribution >= 0.6 is 11.6 Å². The first-order valence-electron chi connectivity index (χ1n) is 10.2. The largest absolute Gasteiger partial charge is 0.295 e. The van der Waals surface area contributed by atoms with Gasteiger partial charge in [0.05, 0.1) is 28.9 Å². The highest BCUT2D eigenvalue weighted by Crippen LogP contribution is 2.38. The summed E-state index contributed by atoms with van der Waals surface area (Å²) in [5, 5.41) is 10.2. The number of piperidine rings is 1. The average Bonchev–Trinajstić information content (AvgIpc) is 3.02. The van der Waals surface area contributed by atoms with Gasteiger partial charge in [-0.05, 0) is 37.5 Å². The molecule has 2 aromatic carbocycles. The van der Waals surface area contributed by atoms with Crippen molar-refractivity contribution in [1.82, 2.24) is 14.3 Å². The standard InChI is InChI=1S/C24H25ClN4O/c1-18(22-21(25)23(30)29(27(22)2)20-11-7-4-8-12-20)28-15-13-24(17-26,14-16-28)19-9-5-3-6-10-19/h3-12,18H,13-16H2,1-2H3. The van der Waals surface area contributed by atoms with Crippen LogP contribution in [0.2, 0.25) is 5.02 Å². The van der Waals surface area contributed by atoms with Crippen molar-refractivity contribution in [1.29, 1.82) is 5.26 Å². The Morgan fingerprint density at radius 1 is 1.03 bits per heavy atom. The molecule has 2 heterocycles. The molecule has 0 spiro atoms. The second-order valence-corrected chi connectivity index (χ2v) is 8.33. The van der Waals surface area contributed by atoms with Crippen LogP contribution in [-0.2, 0) is 12.5 Å². The summed E-state index contributed by atoms with van der Waals surface area (Å²) in [6, 6.07) is 22.1. The molecule has 0 amide bonds. The maximum absolute atomic E-state index is 12.9. The molecule has 0 aliphatic carbocycles. The Bertz CT molecular complexity index is 1120. The topological polar surface area (TPSA) is 54.0 Å². The summed E-state index contributed by atoms with van der Waals surface area (Å²) in [6.07, 6.45) is 1.51. The number of halogens is 1. The molecule has 1 saturated heterocycles. The smallest absolute Gasteiger partial charge is 0.290 e. The molecule has 0 radical (unpaired) electrons. The predicted octanol–water partition coefficient (Wildman–Crippen LogP) is 4.45. The van der Waals surface area contributed by atoms with Crippen molar-refractivity contribution in [3.05, 3.63) is 87.3 Å². The first-order chi connectivity index (χ1) is 14.5. The molecule has 3 aromatic rings. The maximum atomic E-state index is 12.9. The van der Waals surface area contributed by atoms with Gasteiger partial charge >= 0.3 is 0 Å². The van der Waals surface area contributed by atoms with Gasteiger partial charge in [-0.2, -0.15) is 5.26 Å². The lowest BCUT2D eigenvalue weighted by Gasteiger charge is -2.40. The molecule has 1 unspecified atom stereocenters. The van der Waals surface area contributed by atoms with Crippen LogP contribution in [0.25, 0.3) is 5.69 Å². The predicted molar refractivity (Wildman–Crippen MR) is 119 cm³/mol. The number of likely N-dealkylation sites (tertiary alicyclic amines) is 1. The van der Waals surface area contributed by atoms with Crippen LogP contribution in [0.4, 0.5) is 0 Å². The Morgan fingerprint density at radius 2 is 1.60 bits per heavy atom. The molecule has 0 saturated carbocycles. The third-order valence-corrected chi connectivity index (χ3v) is 6.75. The van der Waals surface area contributed by atoms with Crippen LogP contribution in [0.3, 0.4) is 0 Å². The second-order valence-electron chi connectivity index (χ2n) is 7.95. The normalized spacial score (nSPS) is 17.4. The minimum atomic E-state index is -0.455. The highest BCUT2D eigenvalue weighted by atomic mass is 35.5. The minimum Gasteiger partial charge on any atom is -0.295 e. The molecule has 0 N–H and O–H groups in total. The van der Waals surface area contributed by atoms with E-state index < -0.39 is 5.41 Å². The zero-order chi connectivity index (χ0) is 21.3. The van der Waals surface area contributed by atoms with E-state index in [0.717, 1.165) is 42.9 Å². The molecule has 154 valence electrons. The van der Waals surface area contributed by atoms with Crippen molar-refractivity contribution >= 4 is 11.6 Å². The number of nitrogens with zero attached hydrogens (tertiary/aromatic N) is 4. The lowest BCUT2D eigenvalue weighted by molar-refractivity contribution is 0.137. The zero-order valence-corrected chi connectivity index (χ0v) is 18.0. The van der Waals surface area contributed by atoms with Crippen LogP contribution in [0.1, 0.15) is 37.1 Å². The van der Waals surface area contributed by atoms with E-state index in [2.05, 4.69) is 17.9 Å². The lowest BCUT2D eigenvalue weighted by Crippen LogP contribution is -2.43. The maximum Gasteiger partial charge on any atom is 0.290 e. The number of aromatic nitrogens is 2. The molecule has 1 atom stereocenters. The number of benzene rings is 2. The summed E-state index contributed by atoms with van der Waals surface area (Å²) in [5.41, 5.74) is 2.01. The summed E-state index contributed by atoms with van der Waals surface area (Å²) in [7, 11) is 1.87. The van der Waals surface area contributed by atoms with Crippen molar-refractivity contribution < 1.29 is 0 Å². The summed E-state index contributed by atoms with van der Waals surface area (Å²) in [4.78, 5) is 15.2. The molecule has 5 nitrogen and oxygen atoms in total. The summed E-state index contributed by atoms with van der Waals surface area (Å²) >= 11 is 6.53. The van der Waals surface area contributed by atoms with Crippen LogP contribution in [0.5, 0.6) is 0 Å². The average molecular weight is 421 g/mol. The van der Waals surface area contributed by atoms with Crippen molar-refractivity contribution in [3.63, 3.8) is 0 Å². The summed E-state index contributed by atoms with van der Waals surface area (Å²) in [5.74, 6) is 0. The molecule has 6 heteroatoms. The van der Waals surface area contributed by atoms with Crippen LogP contribution in [0, 0.1) is 11.3 Å². The van der Waals surface area contributed by atoms with E-state index in [0.29, 0.717) is 0 Å². The van der Waals surface area contributed by atoms with E-state index in [1.165, 1.54) is 0 Å². The van der Waals surface area contributed by atoms with E-state index in [4.69, 9.17) is 11.6 Å². The first-order valence-corrected chi connectivity index (χ1v) is 10.6. The quantitative estimate of drug-likeness (QED) is 0.626. The Hall–Kier alpha value is -2.81. The number of para-hydroxylation sites is 1. The fourth-order valence-electron chi connectivity index (χ4n) is 4.59. The van der Waals surface area contributed by atoms with E-state index in [1.54, 1.807) is 4.68 Å². The molecule has 1 aliphatic heterocycles. The van der Waals surface area contributed by atoms with Crippen LogP contribution in [-0.4, -0.2) is 27.4 Å². The summed E-state index contributed by atoms with van der Waals surface area (Å²) in [6.45, 7) is 3.62. The lowest BCUT2D eigenvalue weighted by atomic mass is 9.74. The highest BCUT2D eigenvalue weighted by Gasteiger charge is 2.38. The second kappa shape index (κ2) is 8.14. The fraction of sp³-hybridized carbons (Fsp3) is 0.333. The number of hydrogen-bond donors (Lipinski definition) is 0. The molecular formula is C24H25ClN4O. The molecule has 30 heavy (non-hydrogen) atoms. The Kier molecular flexibility index (Phi) is 5.55. The molecular weight excluding hydrogens is 396 g/mol. The van der Waals surface area contributed by atoms with Crippen molar-refractivity contribution in [3.8, 4) is 11.8 Å². The fourth-order valence-corrected chi connectivity index (χ4v) is 4.95. The van der Waals surface area contributed by atoms with Crippen molar-refractivity contribution in [2.24, 2.45) is 7.05 Å². The van der Waals surface area contributed by atoms with E-state index in [-0.39, 0.29) is 16.6 Å². The monoisotopic (exact) mass is 420 g/mol. The Labute approximate surface area is 181 Å². The number of nitriles is 1. The van der Waals surface area contributed by atoms with Crippen molar-refractivity contribution in [2.45, 2.75) is 31.2 Å². The number of hydrogen-bond acceptors (Lipinski definition) is 3. The van der Waals surface area contributed by atoms with Gasteiger partial charge in [-0.15, -0.1) is 0 Å². The first kappa shape index (κ1) is 20.5. The van der Waals surface area contributed by atoms with Gasteiger partial charge in [0.1, 0.15) is 5.02 Å². The number of rotatable bonds is 4. The molecule has 1 fully saturated rings. The molecule has 0 bridgehead atoms. The SMILES string of the molecule is CC(c1c(Cl)c(=O)n(-c2ccccc2)n1C)N1CCC(C#N)(c2ccccc2)CC1. The Balaban J connectivity index is 1.61. The van der Waals surface area contributed by atoms with Gasteiger partial charge in [-0.25, -0.2) is 4.68 Å². The third-order valence-electron chi connectivity index (χ3n) is 6.39. The molecule has 4 rings (SSSR count). The van der Waals surface area contributed by atoms with E-state index in [1.807, 2.05) is 72.4 Å². The van der Waals surface area contributed by atoms with E-state index >= 15 is 0 Å². The highest BCUT2D eigenvalue weighted by molar-refractivity contribution is 6.31. The van der Waals surface area contributed by atoms with Gasteiger partial charge in [0.2, 0.25) is 0 Å². The zero-order valence-electron chi connectivity index (χ0n) is 17.3. The van der Waals surface area contributed by atoms with Gasteiger partial charge in [0.15, 0.2) is 0 Å². The molecule has 1 aromatic heterocycles. The van der Waals surface area contributed by atoms with Gasteiger partial charge in [0.25, 0.3) is 5.56 Å². The van der Waals surface area contributed by atoms with Crippen LogP contribution < -0.4 is 5.56 Å². The van der Waals surface area contributed by atoms with Gasteiger partial charge in [-0.3, -0.25) is 14.4 Å². The molecule has 1 aliphatic rings. The minimum absolute atomic E-state index is 0.0346. The summed E-state index contributed by atoms with van der Waals surface area (Å²) < 4.78 is 3.47. The van der Waals surface area contributed by atoms with Gasteiger partial charge < -0.3 is 0 Å². The van der Waals surface area contributed by atoms with Crippen molar-refractivity contribution in [2.75, 3.05) is 13.1 Å². The third kappa shape index (κ3) is 3.36. The van der Waals surface area contributed by atoms with E-state index in [9.17, 15) is 10.1 Å². The van der Waals surface area contributed by atoms with Gasteiger partial charge in [-0.1, -0.05) is 60.1 Å².